The lowest BCUT2D eigenvalue weighted by Crippen LogP contribution is -2.39. The first-order chi connectivity index (χ1) is 10.4. The van der Waals surface area contributed by atoms with Crippen molar-refractivity contribution in [1.29, 1.82) is 0 Å². The van der Waals surface area contributed by atoms with Gasteiger partial charge in [0.15, 0.2) is 0 Å². The number of aliphatic imine (C=N–C) groups is 1. The summed E-state index contributed by atoms with van der Waals surface area (Å²) in [6, 6.07) is 0. The lowest BCUT2D eigenvalue weighted by Gasteiger charge is -2.30. The van der Waals surface area contributed by atoms with E-state index >= 15 is 0 Å². The van der Waals surface area contributed by atoms with Gasteiger partial charge in [0.1, 0.15) is 0 Å². The number of amides is 1. The van der Waals surface area contributed by atoms with Crippen LogP contribution in [0.5, 0.6) is 0 Å². The second-order valence-electron chi connectivity index (χ2n) is 7.11. The maximum atomic E-state index is 12.9. The molecule has 2 aliphatic rings. The summed E-state index contributed by atoms with van der Waals surface area (Å²) in [7, 11) is 0. The van der Waals surface area contributed by atoms with E-state index in [2.05, 4.69) is 42.7 Å². The fourth-order valence-corrected chi connectivity index (χ4v) is 3.37. The van der Waals surface area contributed by atoms with Crippen LogP contribution in [0.4, 0.5) is 0 Å². The third kappa shape index (κ3) is 2.49. The zero-order valence-electron chi connectivity index (χ0n) is 13.8. The van der Waals surface area contributed by atoms with Gasteiger partial charge < -0.3 is 9.88 Å². The molecule has 1 N–H and O–H groups in total. The first kappa shape index (κ1) is 15.0. The van der Waals surface area contributed by atoms with Crippen LogP contribution in [0.1, 0.15) is 45.5 Å². The van der Waals surface area contributed by atoms with Crippen molar-refractivity contribution in [3.8, 4) is 0 Å². The maximum absolute atomic E-state index is 12.9. The van der Waals surface area contributed by atoms with Gasteiger partial charge in [0.05, 0.1) is 24.3 Å². The largest absolute Gasteiger partial charge is 0.347 e. The van der Waals surface area contributed by atoms with Gasteiger partial charge >= 0.3 is 0 Å². The van der Waals surface area contributed by atoms with Crippen molar-refractivity contribution < 1.29 is 4.79 Å². The van der Waals surface area contributed by atoms with Gasteiger partial charge in [-0.2, -0.15) is 0 Å². The van der Waals surface area contributed by atoms with Gasteiger partial charge in [-0.1, -0.05) is 27.7 Å². The highest BCUT2D eigenvalue weighted by atomic mass is 16.2. The molecule has 5 nitrogen and oxygen atoms in total. The molecular formula is C17H24N4O. The smallest absolute Gasteiger partial charge is 0.252 e. The van der Waals surface area contributed by atoms with Crippen molar-refractivity contribution in [1.82, 2.24) is 14.9 Å². The molecule has 3 heterocycles. The van der Waals surface area contributed by atoms with Crippen LogP contribution >= 0.6 is 0 Å². The molecule has 3 rings (SSSR count). The molecule has 2 aliphatic heterocycles. The standard InChI is InChI=1S/C17H24N4O/c1-5-11-12(8-18-15(11)17(2,3)4)16(22)21-7-6-13-14(9-21)20-10-19-13/h8,10-11H,5-7,9H2,1-4H3,(H,19,20). The Morgan fingerprint density at radius 1 is 1.45 bits per heavy atom. The minimum absolute atomic E-state index is 0.00233. The van der Waals surface area contributed by atoms with Crippen molar-refractivity contribution in [2.75, 3.05) is 6.54 Å². The Kier molecular flexibility index (Phi) is 3.67. The van der Waals surface area contributed by atoms with Gasteiger partial charge in [-0.3, -0.25) is 9.79 Å². The normalized spacial score (nSPS) is 21.5. The topological polar surface area (TPSA) is 61.4 Å². The molecule has 0 aliphatic carbocycles. The Labute approximate surface area is 131 Å². The summed E-state index contributed by atoms with van der Waals surface area (Å²) in [5, 5.41) is 0. The highest BCUT2D eigenvalue weighted by Crippen LogP contribution is 2.34. The molecule has 0 aromatic carbocycles. The summed E-state index contributed by atoms with van der Waals surface area (Å²) >= 11 is 0. The minimum Gasteiger partial charge on any atom is -0.347 e. The zero-order valence-corrected chi connectivity index (χ0v) is 13.8. The molecule has 0 radical (unpaired) electrons. The number of H-pyrrole nitrogens is 1. The third-order valence-electron chi connectivity index (χ3n) is 4.53. The molecule has 0 fully saturated rings. The average Bonchev–Trinajstić information content (AvgIpc) is 3.11. The molecule has 0 saturated heterocycles. The first-order valence-electron chi connectivity index (χ1n) is 8.00. The van der Waals surface area contributed by atoms with E-state index < -0.39 is 0 Å². The number of carbonyl (C=O) groups excluding carboxylic acids is 1. The van der Waals surface area contributed by atoms with E-state index in [9.17, 15) is 4.79 Å². The van der Waals surface area contributed by atoms with E-state index in [0.29, 0.717) is 6.54 Å². The molecule has 1 atom stereocenters. The number of aromatic amines is 1. The predicted molar refractivity (Wildman–Crippen MR) is 86.5 cm³/mol. The van der Waals surface area contributed by atoms with Crippen LogP contribution in [0, 0.1) is 11.3 Å². The van der Waals surface area contributed by atoms with Gasteiger partial charge in [-0.25, -0.2) is 4.98 Å². The zero-order chi connectivity index (χ0) is 15.9. The predicted octanol–water partition coefficient (Wildman–Crippen LogP) is 2.71. The quantitative estimate of drug-likeness (QED) is 0.913. The van der Waals surface area contributed by atoms with Crippen LogP contribution in [0.15, 0.2) is 23.1 Å². The molecule has 22 heavy (non-hydrogen) atoms. The van der Waals surface area contributed by atoms with Gasteiger partial charge in [0.2, 0.25) is 0 Å². The van der Waals surface area contributed by atoms with Crippen molar-refractivity contribution >= 4 is 11.6 Å². The van der Waals surface area contributed by atoms with E-state index in [1.54, 1.807) is 12.5 Å². The van der Waals surface area contributed by atoms with Gasteiger partial charge in [-0.05, 0) is 6.42 Å². The van der Waals surface area contributed by atoms with Crippen LogP contribution in [0.2, 0.25) is 0 Å². The average molecular weight is 300 g/mol. The van der Waals surface area contributed by atoms with Crippen LogP contribution in [0.25, 0.3) is 0 Å². The Morgan fingerprint density at radius 3 is 2.91 bits per heavy atom. The number of carbonyl (C=O) groups is 1. The molecule has 0 saturated carbocycles. The van der Waals surface area contributed by atoms with Crippen molar-refractivity contribution in [2.24, 2.45) is 16.3 Å². The Balaban J connectivity index is 1.77. The number of nitrogens with one attached hydrogen (secondary N) is 1. The van der Waals surface area contributed by atoms with Crippen LogP contribution in [-0.2, 0) is 17.8 Å². The summed E-state index contributed by atoms with van der Waals surface area (Å²) in [5.41, 5.74) is 4.11. The summed E-state index contributed by atoms with van der Waals surface area (Å²) in [6.07, 6.45) is 5.24. The third-order valence-corrected chi connectivity index (χ3v) is 4.53. The van der Waals surface area contributed by atoms with Crippen molar-refractivity contribution in [3.05, 3.63) is 29.5 Å². The number of nitrogens with zero attached hydrogens (tertiary/aromatic N) is 3. The number of rotatable bonds is 2. The highest BCUT2D eigenvalue weighted by Gasteiger charge is 2.36. The fourth-order valence-electron chi connectivity index (χ4n) is 3.37. The SMILES string of the molecule is CCC1C(C(=O)N2CCc3nc[nH]c3C2)=CN=C1C(C)(C)C. The van der Waals surface area contributed by atoms with Gasteiger partial charge in [0.25, 0.3) is 5.91 Å². The summed E-state index contributed by atoms with van der Waals surface area (Å²) < 4.78 is 0. The second kappa shape index (κ2) is 5.38. The van der Waals surface area contributed by atoms with E-state index in [4.69, 9.17) is 0 Å². The molecule has 1 unspecified atom stereocenters. The molecule has 0 bridgehead atoms. The summed E-state index contributed by atoms with van der Waals surface area (Å²) in [4.78, 5) is 26.8. The molecule has 0 spiro atoms. The number of fused-ring (bicyclic) bond motifs is 1. The van der Waals surface area contributed by atoms with E-state index in [1.165, 1.54) is 0 Å². The molecular weight excluding hydrogens is 276 g/mol. The highest BCUT2D eigenvalue weighted by molar-refractivity contribution is 6.06. The molecule has 118 valence electrons. The van der Waals surface area contributed by atoms with Gasteiger partial charge in [0, 0.05) is 41.8 Å². The monoisotopic (exact) mass is 300 g/mol. The van der Waals surface area contributed by atoms with E-state index in [-0.39, 0.29) is 17.2 Å². The lowest BCUT2D eigenvalue weighted by molar-refractivity contribution is -0.128. The summed E-state index contributed by atoms with van der Waals surface area (Å²) in [5.74, 6) is 0.269. The van der Waals surface area contributed by atoms with E-state index in [0.717, 1.165) is 42.1 Å². The Morgan fingerprint density at radius 2 is 2.23 bits per heavy atom. The maximum Gasteiger partial charge on any atom is 0.252 e. The fraction of sp³-hybridized carbons (Fsp3) is 0.588. The Bertz CT molecular complexity index is 648. The van der Waals surface area contributed by atoms with Crippen LogP contribution in [-0.4, -0.2) is 33.0 Å². The first-order valence-corrected chi connectivity index (χ1v) is 8.00. The molecule has 1 aromatic heterocycles. The number of hydrogen-bond donors (Lipinski definition) is 1. The molecule has 1 aromatic rings. The van der Waals surface area contributed by atoms with E-state index in [1.807, 2.05) is 4.90 Å². The number of imidazole rings is 1. The Hall–Kier alpha value is -1.91. The summed E-state index contributed by atoms with van der Waals surface area (Å²) in [6.45, 7) is 9.96. The van der Waals surface area contributed by atoms with Crippen LogP contribution in [0.3, 0.4) is 0 Å². The van der Waals surface area contributed by atoms with Crippen molar-refractivity contribution in [3.63, 3.8) is 0 Å². The number of aromatic nitrogens is 2. The number of hydrogen-bond acceptors (Lipinski definition) is 3. The lowest BCUT2D eigenvalue weighted by atomic mass is 9.79. The minimum atomic E-state index is -0.00233. The van der Waals surface area contributed by atoms with Gasteiger partial charge in [-0.15, -0.1) is 0 Å². The molecule has 1 amide bonds. The van der Waals surface area contributed by atoms with Crippen LogP contribution < -0.4 is 0 Å². The van der Waals surface area contributed by atoms with Crippen molar-refractivity contribution in [2.45, 2.75) is 47.1 Å². The molecule has 5 heteroatoms. The second-order valence-corrected chi connectivity index (χ2v) is 7.11.